The Morgan fingerprint density at radius 3 is 2.64 bits per heavy atom. The maximum Gasteiger partial charge on any atom is 0.582 e. The Hall–Kier alpha value is -2.68. The molecule has 6 rings (SSSR count). The number of H-pyrrole nitrogens is 1. The maximum atomic E-state index is 12.4. The van der Waals surface area contributed by atoms with Crippen molar-refractivity contribution in [1.82, 2.24) is 39.0 Å². The van der Waals surface area contributed by atoms with E-state index in [-0.39, 0.29) is 42.6 Å². The predicted molar refractivity (Wildman–Crippen MR) is 165 cm³/mol. The second kappa shape index (κ2) is 12.2. The number of imidazole rings is 2. The number of methoxy groups -OCH3 is 1. The monoisotopic (exact) mass is 703 g/mol. The maximum absolute atomic E-state index is 12.4. The summed E-state index contributed by atoms with van der Waals surface area (Å²) in [7, 11) is -0.822. The van der Waals surface area contributed by atoms with Crippen molar-refractivity contribution >= 4 is 71.9 Å². The number of aromatic nitrogens is 8. The number of nitrogens with two attached hydrogens (primary N) is 2. The first kappa shape index (κ1) is 32.3. The van der Waals surface area contributed by atoms with E-state index in [1.165, 1.54) is 30.7 Å². The molecule has 4 aromatic rings. The van der Waals surface area contributed by atoms with Gasteiger partial charge in [-0.1, -0.05) is 0 Å². The van der Waals surface area contributed by atoms with Crippen molar-refractivity contribution in [2.45, 2.75) is 55.4 Å². The van der Waals surface area contributed by atoms with Crippen LogP contribution >= 0.6 is 26.0 Å². The Balaban J connectivity index is 1.27. The van der Waals surface area contributed by atoms with Gasteiger partial charge in [0.15, 0.2) is 35.3 Å². The molecule has 2 saturated heterocycles. The fourth-order valence-corrected chi connectivity index (χ4v) is 8.42. The highest BCUT2D eigenvalue weighted by molar-refractivity contribution is 8.39. The zero-order valence-corrected chi connectivity index (χ0v) is 27.1. The van der Waals surface area contributed by atoms with E-state index in [0.717, 1.165) is 0 Å². The van der Waals surface area contributed by atoms with E-state index in [4.69, 9.17) is 46.5 Å². The van der Waals surface area contributed by atoms with E-state index in [9.17, 15) is 19.4 Å². The van der Waals surface area contributed by atoms with Crippen molar-refractivity contribution in [1.29, 1.82) is 0 Å². The Bertz CT molecular complexity index is 1880. The topological polar surface area (TPSA) is 263 Å². The van der Waals surface area contributed by atoms with E-state index in [1.54, 1.807) is 11.5 Å². The molecule has 0 saturated carbocycles. The molecule has 0 aliphatic carbocycles. The van der Waals surface area contributed by atoms with Crippen molar-refractivity contribution in [3.8, 4) is 0 Å². The molecule has 9 atom stereocenters. The first-order chi connectivity index (χ1) is 21.3. The molecule has 4 aromatic heterocycles. The summed E-state index contributed by atoms with van der Waals surface area (Å²) < 4.78 is 43.7. The average molecular weight is 704 g/mol. The van der Waals surface area contributed by atoms with Gasteiger partial charge in [0, 0.05) is 7.11 Å². The molecule has 2 aliphatic rings. The third-order valence-electron chi connectivity index (χ3n) is 7.76. The lowest BCUT2D eigenvalue weighted by Crippen LogP contribution is -2.44. The van der Waals surface area contributed by atoms with Crippen molar-refractivity contribution in [3.63, 3.8) is 0 Å². The molecule has 23 heteroatoms. The summed E-state index contributed by atoms with van der Waals surface area (Å²) in [5.41, 5.74) is 9.59. The van der Waals surface area contributed by atoms with Crippen LogP contribution < -0.4 is 17.0 Å². The lowest BCUT2D eigenvalue weighted by molar-refractivity contribution is -0.111. The Morgan fingerprint density at radius 2 is 1.93 bits per heavy atom. The minimum atomic E-state index is -3.82. The van der Waals surface area contributed by atoms with E-state index in [2.05, 4.69) is 42.2 Å². The summed E-state index contributed by atoms with van der Waals surface area (Å²) in [5, 5.41) is 11.3. The standard InChI is InChI=1S/C22H28N10O9P2S2/c1-22(14(33)13(37-2)20(41-22)31-7-27-11-15(23)25-6-26-16(11)31)5-39-43(36,45)10-3-9(4-38-42(35)44)40-19(10)32-8-28-12-17(32)29-21(24)30-18(12)34/h6-10,13-14,19-20,33H,3-5H2,1-2H3,(H6-,23,24,25,26,29,30,34,35,36,44,45)/p+1/t9-,10+,13+,14-,19+,20-,22+,43?/m0/s1. The van der Waals surface area contributed by atoms with E-state index in [1.807, 2.05) is 0 Å². The molecule has 0 amide bonds. The van der Waals surface area contributed by atoms with Gasteiger partial charge < -0.3 is 40.2 Å². The SMILES string of the molecule is CO[C@H]1[C@@H](n2cnc3c(N)ncnc32)O[C@](C)(COP(O)(=S)[C@@H]2C[C@@H](CO[P+](=O)S)O[C@H]2n2cnc3c(=O)[nH]c(N)nc32)[C@H]1O. The van der Waals surface area contributed by atoms with Gasteiger partial charge in [-0.25, -0.2) is 19.9 Å². The summed E-state index contributed by atoms with van der Waals surface area (Å²) in [6.07, 6.45) is -0.637. The number of aliphatic hydroxyl groups excluding tert-OH is 1. The molecule has 2 unspecified atom stereocenters. The van der Waals surface area contributed by atoms with Gasteiger partial charge >= 0.3 is 7.23 Å². The van der Waals surface area contributed by atoms with Crippen molar-refractivity contribution in [3.05, 3.63) is 29.3 Å². The minimum absolute atomic E-state index is 0.0115. The van der Waals surface area contributed by atoms with Gasteiger partial charge in [0.1, 0.15) is 54.7 Å². The zero-order valence-electron chi connectivity index (χ0n) is 23.6. The van der Waals surface area contributed by atoms with Gasteiger partial charge in [-0.15, -0.1) is 4.52 Å². The lowest BCUT2D eigenvalue weighted by atomic mass is 9.98. The predicted octanol–water partition coefficient (Wildman–Crippen LogP) is 0.366. The largest absolute Gasteiger partial charge is 0.582 e. The number of ether oxygens (including phenoxy) is 3. The molecule has 0 spiro atoms. The Labute approximate surface area is 264 Å². The lowest BCUT2D eigenvalue weighted by Gasteiger charge is -2.32. The number of aliphatic hydroxyl groups is 1. The number of nitrogens with zero attached hydrogens (tertiary/aromatic N) is 7. The van der Waals surface area contributed by atoms with Gasteiger partial charge in [0.2, 0.25) is 5.95 Å². The third-order valence-corrected chi connectivity index (χ3v) is 11.4. The molecule has 0 bridgehead atoms. The molecule has 6 heterocycles. The molecule has 0 radical (unpaired) electrons. The smallest absolute Gasteiger partial charge is 0.387 e. The molecule has 19 nitrogen and oxygen atoms in total. The fraction of sp³-hybridized carbons (Fsp3) is 0.545. The molecular formula is C22H29N10O9P2S2+. The number of aromatic amines is 1. The fourth-order valence-electron chi connectivity index (χ4n) is 5.53. The second-order valence-corrected chi connectivity index (χ2v) is 16.0. The molecule has 2 fully saturated rings. The highest BCUT2D eigenvalue weighted by Crippen LogP contribution is 2.58. The van der Waals surface area contributed by atoms with Gasteiger partial charge in [0.25, 0.3) is 5.56 Å². The Morgan fingerprint density at radius 1 is 1.22 bits per heavy atom. The average Bonchev–Trinajstić information content (AvgIpc) is 3.75. The highest BCUT2D eigenvalue weighted by atomic mass is 32.7. The number of hydrogen-bond acceptors (Lipinski definition) is 16. The van der Waals surface area contributed by atoms with E-state index in [0.29, 0.717) is 11.2 Å². The summed E-state index contributed by atoms with van der Waals surface area (Å²) in [6.45, 7) is -2.72. The number of thiol groups is 1. The van der Waals surface area contributed by atoms with E-state index >= 15 is 0 Å². The summed E-state index contributed by atoms with van der Waals surface area (Å²) in [4.78, 5) is 47.3. The van der Waals surface area contributed by atoms with Crippen molar-refractivity contribution < 1.29 is 37.8 Å². The normalized spacial score (nSPS) is 30.3. The molecule has 7 N–H and O–H groups in total. The van der Waals surface area contributed by atoms with Crippen LogP contribution in [0, 0.1) is 0 Å². The van der Waals surface area contributed by atoms with Crippen LogP contribution in [0.1, 0.15) is 25.8 Å². The van der Waals surface area contributed by atoms with Crippen LogP contribution in [0.25, 0.3) is 22.3 Å². The number of nitrogens with one attached hydrogen (secondary N) is 1. The first-order valence-electron chi connectivity index (χ1n) is 13.3. The molecule has 45 heavy (non-hydrogen) atoms. The second-order valence-electron chi connectivity index (χ2n) is 10.6. The van der Waals surface area contributed by atoms with Gasteiger partial charge in [-0.2, -0.15) is 4.98 Å². The number of rotatable bonds is 10. The molecular weight excluding hydrogens is 674 g/mol. The number of hydrogen-bond donors (Lipinski definition) is 6. The van der Waals surface area contributed by atoms with Crippen molar-refractivity contribution in [2.75, 3.05) is 31.8 Å². The first-order valence-corrected chi connectivity index (χ1v) is 18.4. The zero-order chi connectivity index (χ0) is 32.3. The van der Waals surface area contributed by atoms with Crippen LogP contribution in [0.3, 0.4) is 0 Å². The number of anilines is 2. The van der Waals surface area contributed by atoms with E-state index < -0.39 is 61.3 Å². The van der Waals surface area contributed by atoms with Crippen LogP contribution in [0.2, 0.25) is 0 Å². The van der Waals surface area contributed by atoms with Crippen LogP contribution in [-0.2, 0) is 39.6 Å². The van der Waals surface area contributed by atoms with Crippen molar-refractivity contribution in [2.24, 2.45) is 0 Å². The third kappa shape index (κ3) is 5.87. The van der Waals surface area contributed by atoms with Crippen LogP contribution in [0.4, 0.5) is 11.8 Å². The van der Waals surface area contributed by atoms with Gasteiger partial charge in [-0.05, 0) is 29.7 Å². The van der Waals surface area contributed by atoms with Crippen LogP contribution in [-0.4, -0.2) is 98.9 Å². The quantitative estimate of drug-likeness (QED) is 0.0962. The number of fused-ring (bicyclic) bond motifs is 2. The molecule has 0 aromatic carbocycles. The summed E-state index contributed by atoms with van der Waals surface area (Å²) in [5.74, 6) is 0.0163. The molecule has 242 valence electrons. The van der Waals surface area contributed by atoms with Gasteiger partial charge in [-0.3, -0.25) is 18.9 Å². The summed E-state index contributed by atoms with van der Waals surface area (Å²) >= 11 is 9.45. The Kier molecular flexibility index (Phi) is 8.72. The van der Waals surface area contributed by atoms with Gasteiger partial charge in [0.05, 0.1) is 31.0 Å². The van der Waals surface area contributed by atoms with Crippen LogP contribution in [0.5, 0.6) is 0 Å². The van der Waals surface area contributed by atoms with Crippen LogP contribution in [0.15, 0.2) is 23.8 Å². The molecule has 2 aliphatic heterocycles. The minimum Gasteiger partial charge on any atom is -0.387 e. The number of nitrogen functional groups attached to an aromatic ring is 2. The summed E-state index contributed by atoms with van der Waals surface area (Å²) in [6, 6.07) is 0. The highest BCUT2D eigenvalue weighted by Gasteiger charge is 2.55.